The molecule has 0 amide bonds. The Morgan fingerprint density at radius 2 is 1.20 bits per heavy atom. The van der Waals surface area contributed by atoms with Gasteiger partial charge in [-0.05, 0) is 75.2 Å². The molecule has 0 saturated heterocycles. The highest BCUT2D eigenvalue weighted by Gasteiger charge is 2.28. The first-order chi connectivity index (χ1) is 25.3. The van der Waals surface area contributed by atoms with Crippen LogP contribution in [0, 0.1) is 0 Å². The van der Waals surface area contributed by atoms with E-state index in [1.807, 2.05) is 6.07 Å². The van der Waals surface area contributed by atoms with Crippen LogP contribution in [0.2, 0.25) is 0 Å². The van der Waals surface area contributed by atoms with Crippen molar-refractivity contribution < 1.29 is 4.42 Å². The lowest BCUT2D eigenvalue weighted by molar-refractivity contribution is 0.496. The molecule has 0 spiro atoms. The molecule has 2 aliphatic rings. The predicted octanol–water partition coefficient (Wildman–Crippen LogP) is 11.8. The zero-order valence-corrected chi connectivity index (χ0v) is 28.0. The van der Waals surface area contributed by atoms with Crippen LogP contribution >= 0.6 is 0 Å². The van der Waals surface area contributed by atoms with Crippen molar-refractivity contribution in [2.75, 3.05) is 0 Å². The van der Waals surface area contributed by atoms with Crippen molar-refractivity contribution in [1.82, 2.24) is 15.0 Å². The molecule has 0 fully saturated rings. The molecule has 4 nitrogen and oxygen atoms in total. The van der Waals surface area contributed by atoms with E-state index >= 15 is 0 Å². The van der Waals surface area contributed by atoms with Crippen LogP contribution in [0.25, 0.3) is 78.2 Å². The van der Waals surface area contributed by atoms with Gasteiger partial charge in [0.25, 0.3) is 0 Å². The maximum absolute atomic E-state index is 6.39. The Morgan fingerprint density at radius 3 is 2.10 bits per heavy atom. The Labute approximate surface area is 296 Å². The third-order valence-corrected chi connectivity index (χ3v) is 10.3. The van der Waals surface area contributed by atoms with E-state index in [9.17, 15) is 0 Å². The summed E-state index contributed by atoms with van der Waals surface area (Å²) in [5.74, 6) is 4.00. The lowest BCUT2D eigenvalue weighted by atomic mass is 9.89. The third-order valence-electron chi connectivity index (χ3n) is 10.3. The van der Waals surface area contributed by atoms with Gasteiger partial charge in [0.05, 0.1) is 0 Å². The number of hydrogen-bond acceptors (Lipinski definition) is 4. The number of benzene rings is 6. The normalized spacial score (nSPS) is 13.6. The van der Waals surface area contributed by atoms with Gasteiger partial charge in [-0.15, -0.1) is 0 Å². The minimum absolute atomic E-state index is 0.652. The van der Waals surface area contributed by atoms with Crippen molar-refractivity contribution in [1.29, 1.82) is 0 Å². The number of aromatic nitrogens is 3. The maximum Gasteiger partial charge on any atom is 0.164 e. The van der Waals surface area contributed by atoms with Crippen molar-refractivity contribution >= 4 is 33.2 Å². The largest absolute Gasteiger partial charge is 0.461 e. The first-order valence-corrected chi connectivity index (χ1v) is 17.7. The maximum atomic E-state index is 6.39. The summed E-state index contributed by atoms with van der Waals surface area (Å²) in [7, 11) is 0. The molecule has 0 saturated carbocycles. The van der Waals surface area contributed by atoms with Crippen LogP contribution in [0.5, 0.6) is 0 Å². The van der Waals surface area contributed by atoms with Crippen molar-refractivity contribution in [3.63, 3.8) is 0 Å². The number of hydrogen-bond donors (Lipinski definition) is 0. The van der Waals surface area contributed by atoms with E-state index in [0.717, 1.165) is 70.6 Å². The van der Waals surface area contributed by atoms with Gasteiger partial charge in [-0.3, -0.25) is 0 Å². The van der Waals surface area contributed by atoms with Crippen LogP contribution in [0.1, 0.15) is 41.3 Å². The molecule has 0 aliphatic heterocycles. The number of allylic oxidation sites excluding steroid dienone is 2. The molecule has 0 bridgehead atoms. The number of aryl methyl sites for hydroxylation is 1. The molecule has 2 aliphatic carbocycles. The molecule has 8 aromatic rings. The van der Waals surface area contributed by atoms with Crippen LogP contribution in [0.15, 0.2) is 150 Å². The Morgan fingerprint density at radius 1 is 0.490 bits per heavy atom. The van der Waals surface area contributed by atoms with Gasteiger partial charge < -0.3 is 4.42 Å². The molecule has 0 atom stereocenters. The molecule has 51 heavy (non-hydrogen) atoms. The van der Waals surface area contributed by atoms with Gasteiger partial charge in [0.1, 0.15) is 11.5 Å². The number of rotatable bonds is 5. The zero-order chi connectivity index (χ0) is 33.7. The molecule has 2 heterocycles. The molecule has 0 radical (unpaired) electrons. The Balaban J connectivity index is 1.10. The topological polar surface area (TPSA) is 51.8 Å². The molecule has 0 N–H and O–H groups in total. The summed E-state index contributed by atoms with van der Waals surface area (Å²) in [4.78, 5) is 15.6. The molecular weight excluding hydrogens is 623 g/mol. The number of fused-ring (bicyclic) bond motifs is 6. The van der Waals surface area contributed by atoms with E-state index in [4.69, 9.17) is 19.4 Å². The second-order valence-electron chi connectivity index (χ2n) is 13.4. The molecular formula is C47H33N3O. The van der Waals surface area contributed by atoms with Crippen LogP contribution < -0.4 is 0 Å². The minimum Gasteiger partial charge on any atom is -0.461 e. The monoisotopic (exact) mass is 655 g/mol. The fourth-order valence-electron chi connectivity index (χ4n) is 7.78. The van der Waals surface area contributed by atoms with E-state index in [-0.39, 0.29) is 0 Å². The van der Waals surface area contributed by atoms with Crippen molar-refractivity contribution in [2.24, 2.45) is 0 Å². The number of furan rings is 1. The number of nitrogens with zero attached hydrogens (tertiary/aromatic N) is 3. The Bertz CT molecular complexity index is 2680. The van der Waals surface area contributed by atoms with Crippen molar-refractivity contribution in [3.8, 4) is 45.0 Å². The van der Waals surface area contributed by atoms with Gasteiger partial charge in [-0.25, -0.2) is 15.0 Å². The second kappa shape index (κ2) is 12.2. The van der Waals surface area contributed by atoms with E-state index in [1.165, 1.54) is 38.2 Å². The molecule has 0 unspecified atom stereocenters. The third kappa shape index (κ3) is 5.19. The summed E-state index contributed by atoms with van der Waals surface area (Å²) in [6, 6.07) is 47.2. The highest BCUT2D eigenvalue weighted by Crippen LogP contribution is 2.41. The van der Waals surface area contributed by atoms with E-state index in [2.05, 4.69) is 146 Å². The first-order valence-electron chi connectivity index (χ1n) is 17.7. The standard InChI is InChI=1S/C47H33N3O/c1-2-11-31(12-3-1)37-15-6-7-16-39(37)46-48-45(49-47(50-46)41-18-10-20-43-44(41)40-17-8-9-19-42(40)51-43)33-24-21-30(22-25-33)34-27-28-38-35(29-34)26-23-32-13-4-5-14-36(32)38/h1-7,9,11-16,18-19,21-29H,8,10,17,20H2. The van der Waals surface area contributed by atoms with E-state index < -0.39 is 0 Å². The fraction of sp³-hybridized carbons (Fsp3) is 0.0851. The van der Waals surface area contributed by atoms with Gasteiger partial charge in [-0.2, -0.15) is 0 Å². The van der Waals surface area contributed by atoms with Crippen molar-refractivity contribution in [3.05, 3.63) is 174 Å². The summed E-state index contributed by atoms with van der Waals surface area (Å²) >= 11 is 0. The zero-order valence-electron chi connectivity index (χ0n) is 28.0. The van der Waals surface area contributed by atoms with Gasteiger partial charge >= 0.3 is 0 Å². The predicted molar refractivity (Wildman–Crippen MR) is 208 cm³/mol. The summed E-state index contributed by atoms with van der Waals surface area (Å²) in [5.41, 5.74) is 9.93. The Kier molecular flexibility index (Phi) is 7.05. The van der Waals surface area contributed by atoms with Crippen molar-refractivity contribution in [2.45, 2.75) is 25.7 Å². The van der Waals surface area contributed by atoms with Crippen LogP contribution in [0.4, 0.5) is 0 Å². The van der Waals surface area contributed by atoms with E-state index in [1.54, 1.807) is 0 Å². The molecule has 242 valence electrons. The van der Waals surface area contributed by atoms with Gasteiger partial charge in [0.2, 0.25) is 0 Å². The summed E-state index contributed by atoms with van der Waals surface area (Å²) < 4.78 is 6.39. The summed E-state index contributed by atoms with van der Waals surface area (Å²) in [5, 5.41) is 5.04. The van der Waals surface area contributed by atoms with Gasteiger partial charge in [0, 0.05) is 34.2 Å². The van der Waals surface area contributed by atoms with E-state index in [0.29, 0.717) is 17.5 Å². The van der Waals surface area contributed by atoms with Gasteiger partial charge in [0.15, 0.2) is 17.5 Å². The lowest BCUT2D eigenvalue weighted by Crippen LogP contribution is -2.08. The van der Waals surface area contributed by atoms with Crippen LogP contribution in [0.3, 0.4) is 0 Å². The SMILES string of the molecule is C1=Cc2oc3c(c2CC1)C(c1nc(-c2ccc(-c4ccc5c(ccc6ccccc65)c4)cc2)nc(-c2ccccc2-c2ccccc2)n1)=CCC3. The van der Waals surface area contributed by atoms with Crippen LogP contribution in [-0.2, 0) is 12.8 Å². The summed E-state index contributed by atoms with van der Waals surface area (Å²) in [6.45, 7) is 0. The smallest absolute Gasteiger partial charge is 0.164 e. The lowest BCUT2D eigenvalue weighted by Gasteiger charge is -2.17. The van der Waals surface area contributed by atoms with Crippen LogP contribution in [-0.4, -0.2) is 15.0 Å². The highest BCUT2D eigenvalue weighted by molar-refractivity contribution is 6.08. The molecule has 2 aromatic heterocycles. The Hall–Kier alpha value is -6.39. The summed E-state index contributed by atoms with van der Waals surface area (Å²) in [6.07, 6.45) is 10.3. The average molecular weight is 656 g/mol. The quantitative estimate of drug-likeness (QED) is 0.173. The highest BCUT2D eigenvalue weighted by atomic mass is 16.3. The van der Waals surface area contributed by atoms with Gasteiger partial charge in [-0.1, -0.05) is 140 Å². The molecule has 6 aromatic carbocycles. The molecule has 10 rings (SSSR count). The minimum atomic E-state index is 0.652. The fourth-order valence-corrected chi connectivity index (χ4v) is 7.78. The molecule has 4 heteroatoms. The second-order valence-corrected chi connectivity index (χ2v) is 13.4. The first kappa shape index (κ1) is 29.5. The average Bonchev–Trinajstić information content (AvgIpc) is 3.60.